The summed E-state index contributed by atoms with van der Waals surface area (Å²) in [5.74, 6) is 0.804. The molecule has 0 unspecified atom stereocenters. The van der Waals surface area contributed by atoms with Crippen LogP contribution < -0.4 is 5.56 Å². The summed E-state index contributed by atoms with van der Waals surface area (Å²) < 4.78 is 1.58. The lowest BCUT2D eigenvalue weighted by Crippen LogP contribution is -2.22. The predicted molar refractivity (Wildman–Crippen MR) is 72.6 cm³/mol. The molecular formula is C14H12N2OS. The van der Waals surface area contributed by atoms with Gasteiger partial charge in [0, 0.05) is 23.4 Å². The summed E-state index contributed by atoms with van der Waals surface area (Å²) in [6, 6.07) is 15.2. The molecule has 0 saturated carbocycles. The molecule has 1 aromatic heterocycles. The Bertz CT molecular complexity index is 614. The summed E-state index contributed by atoms with van der Waals surface area (Å²) in [7, 11) is 0. The standard InChI is InChI=1S/C14H12N2OS/c15-11-12-5-4-8-16(14(12)17)9-10-18-13-6-2-1-3-7-13/h1-8H,9-10H2. The summed E-state index contributed by atoms with van der Waals surface area (Å²) in [6.45, 7) is 0.605. The summed E-state index contributed by atoms with van der Waals surface area (Å²) in [5.41, 5.74) is -0.0177. The van der Waals surface area contributed by atoms with Crippen molar-refractivity contribution < 1.29 is 0 Å². The Morgan fingerprint density at radius 2 is 1.94 bits per heavy atom. The van der Waals surface area contributed by atoms with Gasteiger partial charge >= 0.3 is 0 Å². The van der Waals surface area contributed by atoms with E-state index in [1.807, 2.05) is 36.4 Å². The van der Waals surface area contributed by atoms with Gasteiger partial charge in [-0.15, -0.1) is 11.8 Å². The summed E-state index contributed by atoms with van der Waals surface area (Å²) in [5, 5.41) is 8.78. The minimum Gasteiger partial charge on any atom is -0.314 e. The number of aryl methyl sites for hydroxylation is 1. The lowest BCUT2D eigenvalue weighted by atomic mass is 10.3. The highest BCUT2D eigenvalue weighted by atomic mass is 32.2. The molecule has 4 heteroatoms. The summed E-state index contributed by atoms with van der Waals surface area (Å²) in [6.07, 6.45) is 1.72. The van der Waals surface area contributed by atoms with Crippen molar-refractivity contribution in [1.29, 1.82) is 5.26 Å². The van der Waals surface area contributed by atoms with E-state index in [4.69, 9.17) is 5.26 Å². The van der Waals surface area contributed by atoms with E-state index in [9.17, 15) is 4.79 Å². The molecule has 0 spiro atoms. The fourth-order valence-electron chi connectivity index (χ4n) is 1.58. The van der Waals surface area contributed by atoms with Gasteiger partial charge in [-0.05, 0) is 24.3 Å². The number of nitriles is 1. The third-order valence-electron chi connectivity index (χ3n) is 2.48. The molecule has 0 atom stereocenters. The zero-order valence-electron chi connectivity index (χ0n) is 9.74. The molecule has 0 aliphatic heterocycles. The van der Waals surface area contributed by atoms with Gasteiger partial charge < -0.3 is 4.57 Å². The zero-order chi connectivity index (χ0) is 12.8. The first-order valence-electron chi connectivity index (χ1n) is 5.58. The van der Waals surface area contributed by atoms with Crippen molar-refractivity contribution in [2.45, 2.75) is 11.4 Å². The normalized spacial score (nSPS) is 9.94. The first kappa shape index (κ1) is 12.5. The van der Waals surface area contributed by atoms with E-state index in [-0.39, 0.29) is 11.1 Å². The van der Waals surface area contributed by atoms with Crippen LogP contribution in [0.5, 0.6) is 0 Å². The van der Waals surface area contributed by atoms with Gasteiger partial charge in [-0.3, -0.25) is 4.79 Å². The second-order valence-electron chi connectivity index (χ2n) is 3.69. The molecule has 0 radical (unpaired) electrons. The van der Waals surface area contributed by atoms with Gasteiger partial charge in [-0.2, -0.15) is 5.26 Å². The fourth-order valence-corrected chi connectivity index (χ4v) is 2.45. The van der Waals surface area contributed by atoms with Crippen LogP contribution in [0.3, 0.4) is 0 Å². The lowest BCUT2D eigenvalue weighted by Gasteiger charge is -2.05. The molecular weight excluding hydrogens is 244 g/mol. The van der Waals surface area contributed by atoms with E-state index in [1.54, 1.807) is 34.7 Å². The molecule has 1 heterocycles. The Balaban J connectivity index is 2.00. The van der Waals surface area contributed by atoms with Crippen LogP contribution in [0.25, 0.3) is 0 Å². The molecule has 0 N–H and O–H groups in total. The molecule has 0 bridgehead atoms. The first-order chi connectivity index (χ1) is 8.81. The highest BCUT2D eigenvalue weighted by Crippen LogP contribution is 2.16. The SMILES string of the molecule is N#Cc1cccn(CCSc2ccccc2)c1=O. The molecule has 0 fully saturated rings. The van der Waals surface area contributed by atoms with Crippen LogP contribution in [0.15, 0.2) is 58.4 Å². The van der Waals surface area contributed by atoms with Crippen LogP contribution in [0.2, 0.25) is 0 Å². The van der Waals surface area contributed by atoms with Crippen molar-refractivity contribution in [1.82, 2.24) is 4.57 Å². The van der Waals surface area contributed by atoms with E-state index in [1.165, 1.54) is 4.90 Å². The second kappa shape index (κ2) is 6.08. The number of rotatable bonds is 4. The van der Waals surface area contributed by atoms with Gasteiger partial charge in [0.25, 0.3) is 5.56 Å². The van der Waals surface area contributed by atoms with Crippen molar-refractivity contribution in [3.63, 3.8) is 0 Å². The number of hydrogen-bond acceptors (Lipinski definition) is 3. The Morgan fingerprint density at radius 1 is 1.17 bits per heavy atom. The predicted octanol–water partition coefficient (Wildman–Crippen LogP) is 2.51. The van der Waals surface area contributed by atoms with Crippen LogP contribution >= 0.6 is 11.8 Å². The average Bonchev–Trinajstić information content (AvgIpc) is 2.42. The van der Waals surface area contributed by atoms with Crippen molar-refractivity contribution in [2.75, 3.05) is 5.75 Å². The second-order valence-corrected chi connectivity index (χ2v) is 4.86. The zero-order valence-corrected chi connectivity index (χ0v) is 10.6. The molecule has 0 aliphatic carbocycles. The van der Waals surface area contributed by atoms with E-state index < -0.39 is 0 Å². The number of pyridine rings is 1. The third-order valence-corrected chi connectivity index (χ3v) is 3.48. The molecule has 0 aliphatic rings. The lowest BCUT2D eigenvalue weighted by molar-refractivity contribution is 0.732. The van der Waals surface area contributed by atoms with Gasteiger partial charge in [-0.25, -0.2) is 0 Å². The van der Waals surface area contributed by atoms with Gasteiger partial charge in [0.1, 0.15) is 11.6 Å². The van der Waals surface area contributed by atoms with Crippen molar-refractivity contribution in [3.05, 3.63) is 64.6 Å². The summed E-state index contributed by atoms with van der Waals surface area (Å²) in [4.78, 5) is 13.0. The van der Waals surface area contributed by atoms with E-state index in [0.29, 0.717) is 6.54 Å². The van der Waals surface area contributed by atoms with Gasteiger partial charge in [0.2, 0.25) is 0 Å². The molecule has 0 saturated heterocycles. The first-order valence-corrected chi connectivity index (χ1v) is 6.57. The van der Waals surface area contributed by atoms with Gasteiger partial charge in [-0.1, -0.05) is 18.2 Å². The Kier molecular flexibility index (Phi) is 4.21. The van der Waals surface area contributed by atoms with Crippen LogP contribution in [0.4, 0.5) is 0 Å². The monoisotopic (exact) mass is 256 g/mol. The minimum atomic E-state index is -0.214. The molecule has 2 rings (SSSR count). The van der Waals surface area contributed by atoms with Crippen LogP contribution in [0.1, 0.15) is 5.56 Å². The maximum Gasteiger partial charge on any atom is 0.268 e. The third kappa shape index (κ3) is 3.02. The van der Waals surface area contributed by atoms with Gasteiger partial charge in [0.15, 0.2) is 0 Å². The van der Waals surface area contributed by atoms with Crippen LogP contribution in [-0.2, 0) is 6.54 Å². The van der Waals surface area contributed by atoms with Crippen LogP contribution in [0, 0.1) is 11.3 Å². The fraction of sp³-hybridized carbons (Fsp3) is 0.143. The number of hydrogen-bond donors (Lipinski definition) is 0. The Labute approximate surface area is 110 Å². The van der Waals surface area contributed by atoms with E-state index >= 15 is 0 Å². The average molecular weight is 256 g/mol. The number of aromatic nitrogens is 1. The molecule has 3 nitrogen and oxygen atoms in total. The molecule has 2 aromatic rings. The maximum absolute atomic E-state index is 11.8. The Morgan fingerprint density at radius 3 is 2.67 bits per heavy atom. The molecule has 90 valence electrons. The quantitative estimate of drug-likeness (QED) is 0.790. The Hall–Kier alpha value is -1.99. The van der Waals surface area contributed by atoms with Gasteiger partial charge in [0.05, 0.1) is 0 Å². The molecule has 1 aromatic carbocycles. The minimum absolute atomic E-state index is 0.196. The number of benzene rings is 1. The number of nitrogens with zero attached hydrogens (tertiary/aromatic N) is 2. The van der Waals surface area contributed by atoms with Crippen molar-refractivity contribution in [3.8, 4) is 6.07 Å². The topological polar surface area (TPSA) is 45.8 Å². The van der Waals surface area contributed by atoms with E-state index in [2.05, 4.69) is 0 Å². The number of thioether (sulfide) groups is 1. The molecule has 18 heavy (non-hydrogen) atoms. The molecule has 0 amide bonds. The smallest absolute Gasteiger partial charge is 0.268 e. The summed E-state index contributed by atoms with van der Waals surface area (Å²) >= 11 is 1.69. The highest BCUT2D eigenvalue weighted by Gasteiger charge is 2.01. The van der Waals surface area contributed by atoms with Crippen LogP contribution in [-0.4, -0.2) is 10.3 Å². The largest absolute Gasteiger partial charge is 0.314 e. The van der Waals surface area contributed by atoms with Crippen molar-refractivity contribution in [2.24, 2.45) is 0 Å². The maximum atomic E-state index is 11.8. The van der Waals surface area contributed by atoms with E-state index in [0.717, 1.165) is 5.75 Å². The van der Waals surface area contributed by atoms with Crippen molar-refractivity contribution >= 4 is 11.8 Å². The highest BCUT2D eigenvalue weighted by molar-refractivity contribution is 7.99.